The number of carbonyl (C=O) groups excluding carboxylic acids is 1. The van der Waals surface area contributed by atoms with Crippen molar-refractivity contribution in [3.63, 3.8) is 0 Å². The standard InChI is InChI=1S/C16H14O/c1-2-5-13-10-12-9-8-11-6-3-4-7-14(11)15(12)16(13)17/h2-4,6-9,13H,1,5,10H2. The van der Waals surface area contributed by atoms with Gasteiger partial charge in [0.15, 0.2) is 5.78 Å². The van der Waals surface area contributed by atoms with Crippen LogP contribution in [0.3, 0.4) is 0 Å². The van der Waals surface area contributed by atoms with Gasteiger partial charge in [-0.25, -0.2) is 0 Å². The number of hydrogen-bond acceptors (Lipinski definition) is 1. The van der Waals surface area contributed by atoms with E-state index in [1.807, 2.05) is 24.3 Å². The van der Waals surface area contributed by atoms with Gasteiger partial charge in [0, 0.05) is 11.5 Å². The molecule has 1 atom stereocenters. The summed E-state index contributed by atoms with van der Waals surface area (Å²) in [6, 6.07) is 12.3. The van der Waals surface area contributed by atoms with Crippen LogP contribution in [0.5, 0.6) is 0 Å². The summed E-state index contributed by atoms with van der Waals surface area (Å²) < 4.78 is 0. The van der Waals surface area contributed by atoms with E-state index in [1.165, 1.54) is 5.56 Å². The number of rotatable bonds is 2. The van der Waals surface area contributed by atoms with E-state index in [1.54, 1.807) is 0 Å². The van der Waals surface area contributed by atoms with Crippen molar-refractivity contribution in [1.82, 2.24) is 0 Å². The number of carbonyl (C=O) groups is 1. The van der Waals surface area contributed by atoms with Gasteiger partial charge in [-0.3, -0.25) is 4.79 Å². The molecule has 0 N–H and O–H groups in total. The minimum atomic E-state index is 0.105. The van der Waals surface area contributed by atoms with Gasteiger partial charge in [0.2, 0.25) is 0 Å². The monoisotopic (exact) mass is 222 g/mol. The van der Waals surface area contributed by atoms with Crippen LogP contribution in [0.1, 0.15) is 22.3 Å². The summed E-state index contributed by atoms with van der Waals surface area (Å²) in [5.41, 5.74) is 2.13. The highest BCUT2D eigenvalue weighted by Crippen LogP contribution is 2.34. The molecule has 0 saturated heterocycles. The van der Waals surface area contributed by atoms with Gasteiger partial charge in [0.05, 0.1) is 0 Å². The predicted octanol–water partition coefficient (Wildman–Crippen LogP) is 3.77. The third-order valence-electron chi connectivity index (χ3n) is 3.55. The SMILES string of the molecule is C=CCC1Cc2ccc3ccccc3c2C1=O. The van der Waals surface area contributed by atoms with Crippen LogP contribution in [0.15, 0.2) is 49.1 Å². The second-order valence-electron chi connectivity index (χ2n) is 4.61. The van der Waals surface area contributed by atoms with Gasteiger partial charge in [-0.05, 0) is 29.2 Å². The van der Waals surface area contributed by atoms with E-state index >= 15 is 0 Å². The molecule has 0 saturated carbocycles. The van der Waals surface area contributed by atoms with Crippen LogP contribution in [0.25, 0.3) is 10.8 Å². The molecule has 0 spiro atoms. The molecule has 0 fully saturated rings. The van der Waals surface area contributed by atoms with Gasteiger partial charge in [-0.1, -0.05) is 42.5 Å². The van der Waals surface area contributed by atoms with E-state index in [-0.39, 0.29) is 11.7 Å². The van der Waals surface area contributed by atoms with Crippen LogP contribution in [0.4, 0.5) is 0 Å². The Labute approximate surface area is 101 Å². The quantitative estimate of drug-likeness (QED) is 0.707. The molecule has 1 aliphatic rings. The first kappa shape index (κ1) is 10.3. The molecule has 0 amide bonds. The van der Waals surface area contributed by atoms with Crippen molar-refractivity contribution in [3.8, 4) is 0 Å². The molecular weight excluding hydrogens is 208 g/mol. The highest BCUT2D eigenvalue weighted by molar-refractivity contribution is 6.12. The molecule has 0 aliphatic heterocycles. The van der Waals surface area contributed by atoms with Crippen LogP contribution >= 0.6 is 0 Å². The fourth-order valence-corrected chi connectivity index (χ4v) is 2.73. The highest BCUT2D eigenvalue weighted by Gasteiger charge is 2.30. The smallest absolute Gasteiger partial charge is 0.167 e. The Morgan fingerprint density at radius 2 is 2.06 bits per heavy atom. The molecule has 1 heteroatoms. The summed E-state index contributed by atoms with van der Waals surface area (Å²) in [6.07, 6.45) is 3.49. The van der Waals surface area contributed by atoms with E-state index in [2.05, 4.69) is 24.8 Å². The van der Waals surface area contributed by atoms with Crippen molar-refractivity contribution in [1.29, 1.82) is 0 Å². The van der Waals surface area contributed by atoms with E-state index in [0.717, 1.165) is 29.2 Å². The maximum absolute atomic E-state index is 12.4. The second kappa shape index (κ2) is 3.85. The number of hydrogen-bond donors (Lipinski definition) is 0. The molecule has 0 radical (unpaired) electrons. The lowest BCUT2D eigenvalue weighted by molar-refractivity contribution is 0.0939. The summed E-state index contributed by atoms with van der Waals surface area (Å²) >= 11 is 0. The van der Waals surface area contributed by atoms with Crippen molar-refractivity contribution >= 4 is 16.6 Å². The zero-order valence-corrected chi connectivity index (χ0v) is 9.65. The average molecular weight is 222 g/mol. The maximum Gasteiger partial charge on any atom is 0.167 e. The van der Waals surface area contributed by atoms with Crippen molar-refractivity contribution < 1.29 is 4.79 Å². The van der Waals surface area contributed by atoms with Gasteiger partial charge in [0.25, 0.3) is 0 Å². The van der Waals surface area contributed by atoms with Crippen LogP contribution in [0.2, 0.25) is 0 Å². The molecule has 0 aromatic heterocycles. The third-order valence-corrected chi connectivity index (χ3v) is 3.55. The third kappa shape index (κ3) is 1.50. The van der Waals surface area contributed by atoms with Gasteiger partial charge in [0.1, 0.15) is 0 Å². The topological polar surface area (TPSA) is 17.1 Å². The number of fused-ring (bicyclic) bond motifs is 3. The lowest BCUT2D eigenvalue weighted by Crippen LogP contribution is -2.07. The lowest BCUT2D eigenvalue weighted by atomic mass is 9.99. The largest absolute Gasteiger partial charge is 0.294 e. The fourth-order valence-electron chi connectivity index (χ4n) is 2.73. The van der Waals surface area contributed by atoms with Gasteiger partial charge >= 0.3 is 0 Å². The van der Waals surface area contributed by atoms with Gasteiger partial charge in [-0.2, -0.15) is 0 Å². The Hall–Kier alpha value is -1.89. The molecule has 1 unspecified atom stereocenters. The predicted molar refractivity (Wildman–Crippen MR) is 70.3 cm³/mol. The molecule has 0 heterocycles. The number of allylic oxidation sites excluding steroid dienone is 1. The van der Waals surface area contributed by atoms with Crippen LogP contribution in [0, 0.1) is 5.92 Å². The summed E-state index contributed by atoms with van der Waals surface area (Å²) in [4.78, 5) is 12.4. The molecule has 17 heavy (non-hydrogen) atoms. The Morgan fingerprint density at radius 1 is 1.24 bits per heavy atom. The molecular formula is C16H14O. The summed E-state index contributed by atoms with van der Waals surface area (Å²) in [7, 11) is 0. The molecule has 84 valence electrons. The number of benzene rings is 2. The molecule has 3 rings (SSSR count). The Kier molecular flexibility index (Phi) is 2.32. The maximum atomic E-state index is 12.4. The summed E-state index contributed by atoms with van der Waals surface area (Å²) in [5.74, 6) is 0.394. The minimum absolute atomic E-state index is 0.105. The number of Topliss-reactive ketones (excluding diaryl/α,β-unsaturated/α-hetero) is 1. The minimum Gasteiger partial charge on any atom is -0.294 e. The number of ketones is 1. The fraction of sp³-hybridized carbons (Fsp3) is 0.188. The second-order valence-corrected chi connectivity index (χ2v) is 4.61. The summed E-state index contributed by atoms with van der Waals surface area (Å²) in [6.45, 7) is 3.73. The molecule has 2 aromatic carbocycles. The summed E-state index contributed by atoms with van der Waals surface area (Å²) in [5, 5.41) is 2.25. The first-order valence-electron chi connectivity index (χ1n) is 5.97. The first-order chi connectivity index (χ1) is 8.31. The van der Waals surface area contributed by atoms with Crippen LogP contribution in [-0.2, 0) is 6.42 Å². The molecule has 1 nitrogen and oxygen atoms in total. The van der Waals surface area contributed by atoms with Crippen molar-refractivity contribution in [3.05, 3.63) is 60.2 Å². The van der Waals surface area contributed by atoms with Gasteiger partial charge < -0.3 is 0 Å². The molecule has 1 aliphatic carbocycles. The average Bonchev–Trinajstić information content (AvgIpc) is 2.67. The van der Waals surface area contributed by atoms with Crippen molar-refractivity contribution in [2.24, 2.45) is 5.92 Å². The zero-order chi connectivity index (χ0) is 11.8. The molecule has 2 aromatic rings. The van der Waals surface area contributed by atoms with E-state index in [4.69, 9.17) is 0 Å². The van der Waals surface area contributed by atoms with Crippen molar-refractivity contribution in [2.75, 3.05) is 0 Å². The van der Waals surface area contributed by atoms with Gasteiger partial charge in [-0.15, -0.1) is 6.58 Å². The Balaban J connectivity index is 2.20. The highest BCUT2D eigenvalue weighted by atomic mass is 16.1. The van der Waals surface area contributed by atoms with E-state index in [0.29, 0.717) is 0 Å². The lowest BCUT2D eigenvalue weighted by Gasteiger charge is -2.04. The zero-order valence-electron chi connectivity index (χ0n) is 9.65. The van der Waals surface area contributed by atoms with Crippen LogP contribution < -0.4 is 0 Å². The molecule has 0 bridgehead atoms. The van der Waals surface area contributed by atoms with Crippen LogP contribution in [-0.4, -0.2) is 5.78 Å². The first-order valence-corrected chi connectivity index (χ1v) is 5.97. The van der Waals surface area contributed by atoms with Crippen molar-refractivity contribution in [2.45, 2.75) is 12.8 Å². The Morgan fingerprint density at radius 3 is 2.88 bits per heavy atom. The normalized spacial score (nSPS) is 18.4. The van der Waals surface area contributed by atoms with E-state index < -0.39 is 0 Å². The Bertz CT molecular complexity index is 610. The van der Waals surface area contributed by atoms with E-state index in [9.17, 15) is 4.79 Å².